The standard InChI is InChI=1S/C16H22N2O2/c1-3-9-17-11-15-10-16(20-18-15)12-19-13(2)14-7-5-4-6-8-14/h4-8,10,13,17H,3,9,11-12H2,1-2H3. The lowest BCUT2D eigenvalue weighted by Crippen LogP contribution is -2.13. The highest BCUT2D eigenvalue weighted by Gasteiger charge is 2.08. The Balaban J connectivity index is 1.79. The summed E-state index contributed by atoms with van der Waals surface area (Å²) in [6.07, 6.45) is 1.16. The second-order valence-electron chi connectivity index (χ2n) is 4.83. The lowest BCUT2D eigenvalue weighted by Gasteiger charge is -2.11. The molecule has 1 N–H and O–H groups in total. The molecule has 0 saturated heterocycles. The molecule has 0 saturated carbocycles. The van der Waals surface area contributed by atoms with Crippen LogP contribution < -0.4 is 5.32 Å². The molecule has 0 fully saturated rings. The molecule has 0 radical (unpaired) electrons. The second kappa shape index (κ2) is 7.82. The molecule has 1 heterocycles. The minimum atomic E-state index is 0.0444. The van der Waals surface area contributed by atoms with E-state index in [4.69, 9.17) is 9.26 Å². The van der Waals surface area contributed by atoms with Crippen LogP contribution in [0.5, 0.6) is 0 Å². The molecule has 0 aliphatic carbocycles. The van der Waals surface area contributed by atoms with E-state index in [9.17, 15) is 0 Å². The molecule has 1 aromatic carbocycles. The van der Waals surface area contributed by atoms with E-state index in [2.05, 4.69) is 29.5 Å². The van der Waals surface area contributed by atoms with E-state index in [1.54, 1.807) is 0 Å². The van der Waals surface area contributed by atoms with Crippen molar-refractivity contribution in [2.75, 3.05) is 6.54 Å². The highest BCUT2D eigenvalue weighted by Crippen LogP contribution is 2.18. The van der Waals surface area contributed by atoms with E-state index in [1.165, 1.54) is 0 Å². The number of hydrogen-bond acceptors (Lipinski definition) is 4. The van der Waals surface area contributed by atoms with Crippen LogP contribution in [-0.2, 0) is 17.9 Å². The first-order valence-corrected chi connectivity index (χ1v) is 7.11. The number of rotatable bonds is 8. The highest BCUT2D eigenvalue weighted by molar-refractivity contribution is 5.16. The molecule has 0 aliphatic rings. The molecule has 0 spiro atoms. The lowest BCUT2D eigenvalue weighted by molar-refractivity contribution is 0.0390. The van der Waals surface area contributed by atoms with Crippen molar-refractivity contribution in [1.82, 2.24) is 10.5 Å². The summed E-state index contributed by atoms with van der Waals surface area (Å²) < 4.78 is 11.1. The van der Waals surface area contributed by atoms with Crippen molar-refractivity contribution in [3.8, 4) is 0 Å². The first-order valence-electron chi connectivity index (χ1n) is 7.11. The fraction of sp³-hybridized carbons (Fsp3) is 0.438. The fourth-order valence-corrected chi connectivity index (χ4v) is 1.93. The summed E-state index contributed by atoms with van der Waals surface area (Å²) >= 11 is 0. The normalized spacial score (nSPS) is 12.5. The Labute approximate surface area is 120 Å². The molecule has 0 bridgehead atoms. The predicted molar refractivity (Wildman–Crippen MR) is 78.1 cm³/mol. The number of aromatic nitrogens is 1. The molecule has 1 atom stereocenters. The largest absolute Gasteiger partial charge is 0.366 e. The Kier molecular flexibility index (Phi) is 5.77. The van der Waals surface area contributed by atoms with Crippen LogP contribution in [-0.4, -0.2) is 11.7 Å². The average Bonchev–Trinajstić information content (AvgIpc) is 2.94. The van der Waals surface area contributed by atoms with Gasteiger partial charge in [0.2, 0.25) is 0 Å². The Hall–Kier alpha value is -1.65. The molecular formula is C16H22N2O2. The van der Waals surface area contributed by atoms with Crippen LogP contribution in [0.3, 0.4) is 0 Å². The van der Waals surface area contributed by atoms with Gasteiger partial charge < -0.3 is 14.6 Å². The molecular weight excluding hydrogens is 252 g/mol. The summed E-state index contributed by atoms with van der Waals surface area (Å²) in [6.45, 7) is 6.35. The van der Waals surface area contributed by atoms with Crippen molar-refractivity contribution in [1.29, 1.82) is 0 Å². The SMILES string of the molecule is CCCNCc1cc(COC(C)c2ccccc2)on1. The van der Waals surface area contributed by atoms with Crippen molar-refractivity contribution >= 4 is 0 Å². The van der Waals surface area contributed by atoms with E-state index < -0.39 is 0 Å². The molecule has 4 nitrogen and oxygen atoms in total. The fourth-order valence-electron chi connectivity index (χ4n) is 1.93. The van der Waals surface area contributed by atoms with Gasteiger partial charge in [0.05, 0.1) is 11.8 Å². The van der Waals surface area contributed by atoms with Gasteiger partial charge in [-0.1, -0.05) is 42.4 Å². The number of nitrogens with zero attached hydrogens (tertiary/aromatic N) is 1. The molecule has 2 rings (SSSR count). The maximum atomic E-state index is 5.80. The Bertz CT molecular complexity index is 496. The van der Waals surface area contributed by atoms with Crippen LogP contribution in [0.15, 0.2) is 40.9 Å². The topological polar surface area (TPSA) is 47.3 Å². The number of hydrogen-bond donors (Lipinski definition) is 1. The van der Waals surface area contributed by atoms with Gasteiger partial charge in [-0.25, -0.2) is 0 Å². The van der Waals surface area contributed by atoms with E-state index in [1.807, 2.05) is 31.2 Å². The second-order valence-corrected chi connectivity index (χ2v) is 4.83. The van der Waals surface area contributed by atoms with Gasteiger partial charge in [-0.3, -0.25) is 0 Å². The Morgan fingerprint density at radius 2 is 2.10 bits per heavy atom. The van der Waals surface area contributed by atoms with Gasteiger partial charge in [0.15, 0.2) is 5.76 Å². The third-order valence-corrected chi connectivity index (χ3v) is 3.09. The average molecular weight is 274 g/mol. The Morgan fingerprint density at radius 3 is 2.85 bits per heavy atom. The smallest absolute Gasteiger partial charge is 0.162 e. The quantitative estimate of drug-likeness (QED) is 0.749. The van der Waals surface area contributed by atoms with E-state index in [0.717, 1.165) is 36.5 Å². The molecule has 2 aromatic rings. The summed E-state index contributed by atoms with van der Waals surface area (Å²) in [5.74, 6) is 0.765. The molecule has 1 unspecified atom stereocenters. The molecule has 108 valence electrons. The summed E-state index contributed by atoms with van der Waals surface area (Å²) in [5.41, 5.74) is 2.08. The minimum Gasteiger partial charge on any atom is -0.366 e. The van der Waals surface area contributed by atoms with Gasteiger partial charge in [-0.05, 0) is 25.5 Å². The summed E-state index contributed by atoms with van der Waals surface area (Å²) in [5, 5.41) is 7.31. The van der Waals surface area contributed by atoms with Crippen LogP contribution in [0.4, 0.5) is 0 Å². The number of benzene rings is 1. The number of nitrogens with one attached hydrogen (secondary N) is 1. The molecule has 20 heavy (non-hydrogen) atoms. The minimum absolute atomic E-state index is 0.0444. The van der Waals surface area contributed by atoms with Gasteiger partial charge in [0.1, 0.15) is 6.61 Å². The van der Waals surface area contributed by atoms with Crippen LogP contribution in [0.1, 0.15) is 43.4 Å². The summed E-state index contributed by atoms with van der Waals surface area (Å²) in [7, 11) is 0. The predicted octanol–water partition coefficient (Wildman–Crippen LogP) is 3.45. The molecule has 0 amide bonds. The van der Waals surface area contributed by atoms with Crippen molar-refractivity contribution in [3.05, 3.63) is 53.4 Å². The van der Waals surface area contributed by atoms with Gasteiger partial charge in [0, 0.05) is 12.6 Å². The van der Waals surface area contributed by atoms with E-state index >= 15 is 0 Å². The monoisotopic (exact) mass is 274 g/mol. The summed E-state index contributed by atoms with van der Waals surface area (Å²) in [6, 6.07) is 12.1. The van der Waals surface area contributed by atoms with Gasteiger partial charge >= 0.3 is 0 Å². The van der Waals surface area contributed by atoms with Gasteiger partial charge in [-0.15, -0.1) is 0 Å². The van der Waals surface area contributed by atoms with Crippen LogP contribution >= 0.6 is 0 Å². The van der Waals surface area contributed by atoms with Gasteiger partial charge in [-0.2, -0.15) is 0 Å². The zero-order valence-corrected chi connectivity index (χ0v) is 12.1. The van der Waals surface area contributed by atoms with Gasteiger partial charge in [0.25, 0.3) is 0 Å². The van der Waals surface area contributed by atoms with E-state index in [-0.39, 0.29) is 6.10 Å². The first-order chi connectivity index (χ1) is 9.79. The maximum absolute atomic E-state index is 5.80. The van der Waals surface area contributed by atoms with Crippen LogP contribution in [0.25, 0.3) is 0 Å². The van der Waals surface area contributed by atoms with Crippen molar-refractivity contribution in [2.45, 2.75) is 39.5 Å². The zero-order chi connectivity index (χ0) is 14.2. The third kappa shape index (κ3) is 4.47. The Morgan fingerprint density at radius 1 is 1.30 bits per heavy atom. The zero-order valence-electron chi connectivity index (χ0n) is 12.1. The molecule has 4 heteroatoms. The number of ether oxygens (including phenoxy) is 1. The highest BCUT2D eigenvalue weighted by atomic mass is 16.5. The van der Waals surface area contributed by atoms with E-state index in [0.29, 0.717) is 6.61 Å². The van der Waals surface area contributed by atoms with Crippen LogP contribution in [0.2, 0.25) is 0 Å². The third-order valence-electron chi connectivity index (χ3n) is 3.09. The van der Waals surface area contributed by atoms with Crippen molar-refractivity contribution in [2.24, 2.45) is 0 Å². The van der Waals surface area contributed by atoms with Crippen molar-refractivity contribution < 1.29 is 9.26 Å². The maximum Gasteiger partial charge on any atom is 0.162 e. The first kappa shape index (κ1) is 14.8. The van der Waals surface area contributed by atoms with Crippen molar-refractivity contribution in [3.63, 3.8) is 0 Å². The van der Waals surface area contributed by atoms with Crippen LogP contribution in [0, 0.1) is 0 Å². The lowest BCUT2D eigenvalue weighted by atomic mass is 10.1. The summed E-state index contributed by atoms with van der Waals surface area (Å²) in [4.78, 5) is 0. The molecule has 1 aromatic heterocycles. The molecule has 0 aliphatic heterocycles.